The van der Waals surface area contributed by atoms with Crippen molar-refractivity contribution in [3.05, 3.63) is 71.0 Å². The highest BCUT2D eigenvalue weighted by molar-refractivity contribution is 5.70. The van der Waals surface area contributed by atoms with Crippen molar-refractivity contribution in [2.75, 3.05) is 26.2 Å². The maximum atomic E-state index is 13.4. The van der Waals surface area contributed by atoms with Crippen molar-refractivity contribution < 1.29 is 13.9 Å². The maximum Gasteiger partial charge on any atom is 0.410 e. The predicted octanol–water partition coefficient (Wildman–Crippen LogP) is 3.52. The summed E-state index contributed by atoms with van der Waals surface area (Å²) in [7, 11) is 0. The molecular formula is C21H23FN2O2. The summed E-state index contributed by atoms with van der Waals surface area (Å²) in [6.45, 7) is 2.93. The first kappa shape index (κ1) is 17.0. The van der Waals surface area contributed by atoms with E-state index in [-0.39, 0.29) is 18.0 Å². The summed E-state index contributed by atoms with van der Waals surface area (Å²) < 4.78 is 19.0. The average Bonchev–Trinajstić information content (AvgIpc) is 3.19. The Bertz CT molecular complexity index is 772. The molecule has 0 aromatic heterocycles. The summed E-state index contributed by atoms with van der Waals surface area (Å²) in [4.78, 5) is 14.6. The molecule has 1 N–H and O–H groups in total. The summed E-state index contributed by atoms with van der Waals surface area (Å²) >= 11 is 0. The van der Waals surface area contributed by atoms with Gasteiger partial charge in [-0.05, 0) is 48.2 Å². The molecule has 2 heterocycles. The molecule has 2 aliphatic rings. The molecule has 1 fully saturated rings. The number of halogens is 1. The van der Waals surface area contributed by atoms with Crippen LogP contribution in [0.15, 0.2) is 48.5 Å². The van der Waals surface area contributed by atoms with E-state index in [0.717, 1.165) is 37.1 Å². The fourth-order valence-corrected chi connectivity index (χ4v) is 3.90. The summed E-state index contributed by atoms with van der Waals surface area (Å²) in [5.41, 5.74) is 3.22. The minimum absolute atomic E-state index is 0.241. The number of nitrogens with zero attached hydrogens (tertiary/aromatic N) is 1. The molecule has 0 aliphatic carbocycles. The summed E-state index contributed by atoms with van der Waals surface area (Å²) in [6, 6.07) is 14.3. The quantitative estimate of drug-likeness (QED) is 0.917. The standard InChI is InChI=1S/C21H23FN2O2/c22-18-7-5-17(6-8-18)20-19-4-2-1-3-16(19)10-12-24(20)21(25)26-14-15-9-11-23-13-15/h1-8,15,20,23H,9-14H2/t15-,20+/m1/s1. The molecule has 0 bridgehead atoms. The minimum atomic E-state index is -0.291. The maximum absolute atomic E-state index is 13.4. The monoisotopic (exact) mass is 354 g/mol. The Morgan fingerprint density at radius 2 is 2.00 bits per heavy atom. The van der Waals surface area contributed by atoms with Crippen LogP contribution in [0, 0.1) is 11.7 Å². The number of benzene rings is 2. The third-order valence-electron chi connectivity index (χ3n) is 5.31. The Balaban J connectivity index is 1.59. The van der Waals surface area contributed by atoms with E-state index < -0.39 is 0 Å². The molecule has 2 aromatic rings. The number of rotatable bonds is 3. The highest BCUT2D eigenvalue weighted by Crippen LogP contribution is 2.35. The van der Waals surface area contributed by atoms with Crippen molar-refractivity contribution in [3.8, 4) is 0 Å². The zero-order chi connectivity index (χ0) is 17.9. The van der Waals surface area contributed by atoms with Gasteiger partial charge in [-0.3, -0.25) is 4.90 Å². The highest BCUT2D eigenvalue weighted by atomic mass is 19.1. The average molecular weight is 354 g/mol. The molecule has 4 nitrogen and oxygen atoms in total. The molecule has 5 heteroatoms. The lowest BCUT2D eigenvalue weighted by atomic mass is 9.88. The van der Waals surface area contributed by atoms with Crippen LogP contribution < -0.4 is 5.32 Å². The van der Waals surface area contributed by atoms with Crippen LogP contribution in [0.3, 0.4) is 0 Å². The van der Waals surface area contributed by atoms with Gasteiger partial charge in [0.25, 0.3) is 0 Å². The molecule has 4 rings (SSSR count). The number of carbonyl (C=O) groups is 1. The van der Waals surface area contributed by atoms with Gasteiger partial charge < -0.3 is 10.1 Å². The van der Waals surface area contributed by atoms with Crippen LogP contribution in [-0.2, 0) is 11.2 Å². The van der Waals surface area contributed by atoms with Gasteiger partial charge in [0.15, 0.2) is 0 Å². The van der Waals surface area contributed by atoms with Gasteiger partial charge >= 0.3 is 6.09 Å². The smallest absolute Gasteiger partial charge is 0.410 e. The van der Waals surface area contributed by atoms with Crippen LogP contribution in [0.2, 0.25) is 0 Å². The Morgan fingerprint density at radius 1 is 1.19 bits per heavy atom. The van der Waals surface area contributed by atoms with E-state index in [1.807, 2.05) is 18.2 Å². The van der Waals surface area contributed by atoms with Crippen molar-refractivity contribution in [1.29, 1.82) is 0 Å². The van der Waals surface area contributed by atoms with Crippen LogP contribution in [-0.4, -0.2) is 37.2 Å². The van der Waals surface area contributed by atoms with Crippen molar-refractivity contribution in [2.24, 2.45) is 5.92 Å². The van der Waals surface area contributed by atoms with Crippen molar-refractivity contribution in [2.45, 2.75) is 18.9 Å². The zero-order valence-electron chi connectivity index (χ0n) is 14.7. The number of carbonyl (C=O) groups excluding carboxylic acids is 1. The fraction of sp³-hybridized carbons (Fsp3) is 0.381. The zero-order valence-corrected chi connectivity index (χ0v) is 14.7. The molecule has 2 aliphatic heterocycles. The van der Waals surface area contributed by atoms with Crippen LogP contribution in [0.4, 0.5) is 9.18 Å². The third kappa shape index (κ3) is 3.44. The van der Waals surface area contributed by atoms with Crippen LogP contribution in [0.1, 0.15) is 29.2 Å². The van der Waals surface area contributed by atoms with E-state index in [1.165, 1.54) is 17.7 Å². The van der Waals surface area contributed by atoms with E-state index in [0.29, 0.717) is 19.1 Å². The Kier molecular flexibility index (Phi) is 4.89. The number of hydrogen-bond acceptors (Lipinski definition) is 3. The molecule has 1 saturated heterocycles. The molecule has 136 valence electrons. The SMILES string of the molecule is O=C(OC[C@@H]1CCNC1)N1CCc2ccccc2[C@@H]1c1ccc(F)cc1. The first-order chi connectivity index (χ1) is 12.7. The largest absolute Gasteiger partial charge is 0.449 e. The van der Waals surface area contributed by atoms with Gasteiger partial charge in [-0.25, -0.2) is 9.18 Å². The molecule has 0 unspecified atom stereocenters. The van der Waals surface area contributed by atoms with Gasteiger partial charge in [0.05, 0.1) is 12.6 Å². The molecule has 0 saturated carbocycles. The van der Waals surface area contributed by atoms with Gasteiger partial charge in [0, 0.05) is 19.0 Å². The van der Waals surface area contributed by atoms with Crippen LogP contribution in [0.25, 0.3) is 0 Å². The lowest BCUT2D eigenvalue weighted by Crippen LogP contribution is -2.41. The molecule has 2 aromatic carbocycles. The van der Waals surface area contributed by atoms with Gasteiger partial charge in [-0.1, -0.05) is 36.4 Å². The second-order valence-electron chi connectivity index (χ2n) is 7.03. The summed E-state index contributed by atoms with van der Waals surface area (Å²) in [6.07, 6.45) is 1.55. The van der Waals surface area contributed by atoms with Gasteiger partial charge in [0.1, 0.15) is 5.82 Å². The molecule has 2 atom stereocenters. The number of ether oxygens (including phenoxy) is 1. The van der Waals surface area contributed by atoms with E-state index in [9.17, 15) is 9.18 Å². The lowest BCUT2D eigenvalue weighted by molar-refractivity contribution is 0.0783. The Morgan fingerprint density at radius 3 is 2.77 bits per heavy atom. The summed E-state index contributed by atoms with van der Waals surface area (Å²) in [5, 5.41) is 3.29. The van der Waals surface area contributed by atoms with E-state index >= 15 is 0 Å². The van der Waals surface area contributed by atoms with Crippen LogP contribution >= 0.6 is 0 Å². The number of amides is 1. The second-order valence-corrected chi connectivity index (χ2v) is 7.03. The lowest BCUT2D eigenvalue weighted by Gasteiger charge is -2.37. The van der Waals surface area contributed by atoms with Crippen molar-refractivity contribution in [3.63, 3.8) is 0 Å². The molecule has 26 heavy (non-hydrogen) atoms. The Labute approximate surface area is 153 Å². The van der Waals surface area contributed by atoms with Gasteiger partial charge in [-0.15, -0.1) is 0 Å². The first-order valence-electron chi connectivity index (χ1n) is 9.20. The van der Waals surface area contributed by atoms with Gasteiger partial charge in [0.2, 0.25) is 0 Å². The van der Waals surface area contributed by atoms with Crippen molar-refractivity contribution >= 4 is 6.09 Å². The van der Waals surface area contributed by atoms with E-state index in [4.69, 9.17) is 4.74 Å². The molecule has 0 spiro atoms. The first-order valence-corrected chi connectivity index (χ1v) is 9.20. The molecule has 1 amide bonds. The van der Waals surface area contributed by atoms with Gasteiger partial charge in [-0.2, -0.15) is 0 Å². The van der Waals surface area contributed by atoms with Crippen molar-refractivity contribution in [1.82, 2.24) is 10.2 Å². The minimum Gasteiger partial charge on any atom is -0.449 e. The van der Waals surface area contributed by atoms with Crippen LogP contribution in [0.5, 0.6) is 0 Å². The third-order valence-corrected chi connectivity index (χ3v) is 5.31. The number of hydrogen-bond donors (Lipinski definition) is 1. The highest BCUT2D eigenvalue weighted by Gasteiger charge is 2.33. The fourth-order valence-electron chi connectivity index (χ4n) is 3.90. The molecule has 0 radical (unpaired) electrons. The van der Waals surface area contributed by atoms with E-state index in [1.54, 1.807) is 17.0 Å². The summed E-state index contributed by atoms with van der Waals surface area (Å²) in [5.74, 6) is 0.112. The normalized spacial score (nSPS) is 22.1. The Hall–Kier alpha value is -2.40. The number of fused-ring (bicyclic) bond motifs is 1. The predicted molar refractivity (Wildman–Crippen MR) is 97.4 cm³/mol. The second kappa shape index (κ2) is 7.46. The van der Waals surface area contributed by atoms with E-state index in [2.05, 4.69) is 11.4 Å². The topological polar surface area (TPSA) is 41.6 Å². The number of nitrogens with one attached hydrogen (secondary N) is 1. The molecular weight excluding hydrogens is 331 g/mol.